The van der Waals surface area contributed by atoms with Gasteiger partial charge in [-0.2, -0.15) is 0 Å². The standard InChI is InChI=1S/C10H16N2O2/c1-2-7-12-8-3-5-9(6-4-8)14-10(11)13/h1,8-9,12H,3-7H2,(H2,11,13). The zero-order valence-corrected chi connectivity index (χ0v) is 8.16. The van der Waals surface area contributed by atoms with Gasteiger partial charge in [-0.3, -0.25) is 0 Å². The summed E-state index contributed by atoms with van der Waals surface area (Å²) in [6.45, 7) is 0.603. The van der Waals surface area contributed by atoms with Crippen LogP contribution in [0.3, 0.4) is 0 Å². The number of hydrogen-bond acceptors (Lipinski definition) is 3. The molecule has 1 aliphatic carbocycles. The second-order valence-electron chi connectivity index (χ2n) is 3.50. The lowest BCUT2D eigenvalue weighted by molar-refractivity contribution is 0.0763. The number of carbonyl (C=O) groups is 1. The third-order valence-electron chi connectivity index (χ3n) is 2.45. The van der Waals surface area contributed by atoms with Gasteiger partial charge in [0.05, 0.1) is 6.54 Å². The summed E-state index contributed by atoms with van der Waals surface area (Å²) < 4.78 is 4.91. The largest absolute Gasteiger partial charge is 0.446 e. The minimum absolute atomic E-state index is 0.00335. The first kappa shape index (κ1) is 10.9. The van der Waals surface area contributed by atoms with Crippen LogP contribution in [0.15, 0.2) is 0 Å². The monoisotopic (exact) mass is 196 g/mol. The maximum Gasteiger partial charge on any atom is 0.404 e. The summed E-state index contributed by atoms with van der Waals surface area (Å²) in [5.74, 6) is 2.54. The maximum atomic E-state index is 10.5. The molecule has 0 bridgehead atoms. The number of terminal acetylenes is 1. The van der Waals surface area contributed by atoms with Crippen LogP contribution in [0.5, 0.6) is 0 Å². The summed E-state index contributed by atoms with van der Waals surface area (Å²) >= 11 is 0. The highest BCUT2D eigenvalue weighted by atomic mass is 16.6. The van der Waals surface area contributed by atoms with Crippen LogP contribution in [0.2, 0.25) is 0 Å². The molecule has 0 atom stereocenters. The summed E-state index contributed by atoms with van der Waals surface area (Å²) in [5, 5.41) is 3.24. The fraction of sp³-hybridized carbons (Fsp3) is 0.700. The van der Waals surface area contributed by atoms with E-state index in [1.165, 1.54) is 0 Å². The molecule has 1 saturated carbocycles. The van der Waals surface area contributed by atoms with Crippen molar-refractivity contribution in [2.45, 2.75) is 37.8 Å². The van der Waals surface area contributed by atoms with Crippen molar-refractivity contribution in [1.82, 2.24) is 5.32 Å². The summed E-state index contributed by atoms with van der Waals surface area (Å²) in [6, 6.07) is 0.457. The van der Waals surface area contributed by atoms with E-state index in [0.717, 1.165) is 25.7 Å². The van der Waals surface area contributed by atoms with Crippen LogP contribution < -0.4 is 11.1 Å². The van der Waals surface area contributed by atoms with Crippen LogP contribution in [0.1, 0.15) is 25.7 Å². The van der Waals surface area contributed by atoms with E-state index in [1.807, 2.05) is 0 Å². The van der Waals surface area contributed by atoms with Crippen LogP contribution >= 0.6 is 0 Å². The highest BCUT2D eigenvalue weighted by Crippen LogP contribution is 2.20. The van der Waals surface area contributed by atoms with Gasteiger partial charge in [-0.05, 0) is 25.7 Å². The predicted molar refractivity (Wildman–Crippen MR) is 53.5 cm³/mol. The van der Waals surface area contributed by atoms with E-state index in [-0.39, 0.29) is 6.10 Å². The van der Waals surface area contributed by atoms with Crippen molar-refractivity contribution in [3.05, 3.63) is 0 Å². The molecule has 78 valence electrons. The van der Waals surface area contributed by atoms with Gasteiger partial charge in [-0.25, -0.2) is 4.79 Å². The van der Waals surface area contributed by atoms with Gasteiger partial charge < -0.3 is 15.8 Å². The molecule has 4 heteroatoms. The smallest absolute Gasteiger partial charge is 0.404 e. The van der Waals surface area contributed by atoms with Crippen molar-refractivity contribution in [2.24, 2.45) is 5.73 Å². The van der Waals surface area contributed by atoms with Crippen LogP contribution in [0.25, 0.3) is 0 Å². The van der Waals surface area contributed by atoms with Gasteiger partial charge in [0.25, 0.3) is 0 Å². The molecule has 0 unspecified atom stereocenters. The lowest BCUT2D eigenvalue weighted by Gasteiger charge is -2.27. The third kappa shape index (κ3) is 3.67. The topological polar surface area (TPSA) is 64.3 Å². The minimum atomic E-state index is -0.676. The van der Waals surface area contributed by atoms with E-state index in [9.17, 15) is 4.79 Å². The van der Waals surface area contributed by atoms with Gasteiger partial charge in [0, 0.05) is 6.04 Å². The minimum Gasteiger partial charge on any atom is -0.446 e. The van der Waals surface area contributed by atoms with Crippen molar-refractivity contribution < 1.29 is 9.53 Å². The second kappa shape index (κ2) is 5.51. The van der Waals surface area contributed by atoms with Crippen LogP contribution in [0, 0.1) is 12.3 Å². The quantitative estimate of drug-likeness (QED) is 0.650. The normalized spacial score (nSPS) is 26.5. The van der Waals surface area contributed by atoms with Crippen LogP contribution in [0.4, 0.5) is 4.79 Å². The molecule has 0 aromatic carbocycles. The Labute approximate surface area is 84.2 Å². The van der Waals surface area contributed by atoms with E-state index < -0.39 is 6.09 Å². The Hall–Kier alpha value is -1.21. The molecule has 0 radical (unpaired) electrons. The van der Waals surface area contributed by atoms with Crippen LogP contribution in [-0.4, -0.2) is 24.8 Å². The molecule has 0 aromatic rings. The molecular weight excluding hydrogens is 180 g/mol. The molecule has 0 heterocycles. The Morgan fingerprint density at radius 1 is 1.50 bits per heavy atom. The molecular formula is C10H16N2O2. The fourth-order valence-corrected chi connectivity index (χ4v) is 1.75. The number of amides is 1. The molecule has 0 spiro atoms. The molecule has 0 saturated heterocycles. The van der Waals surface area contributed by atoms with Crippen molar-refractivity contribution >= 4 is 6.09 Å². The lowest BCUT2D eigenvalue weighted by atomic mass is 9.93. The molecule has 0 aliphatic heterocycles. The highest BCUT2D eigenvalue weighted by Gasteiger charge is 2.22. The van der Waals surface area contributed by atoms with E-state index >= 15 is 0 Å². The first-order chi connectivity index (χ1) is 6.72. The summed E-state index contributed by atoms with van der Waals surface area (Å²) in [5.41, 5.74) is 4.93. The van der Waals surface area contributed by atoms with Gasteiger partial charge in [0.1, 0.15) is 6.10 Å². The van der Waals surface area contributed by atoms with Crippen molar-refractivity contribution in [2.75, 3.05) is 6.54 Å². The molecule has 3 N–H and O–H groups in total. The summed E-state index contributed by atoms with van der Waals surface area (Å²) in [4.78, 5) is 10.5. The van der Waals surface area contributed by atoms with E-state index in [1.54, 1.807) is 0 Å². The molecule has 14 heavy (non-hydrogen) atoms. The Morgan fingerprint density at radius 3 is 2.64 bits per heavy atom. The number of hydrogen-bond donors (Lipinski definition) is 2. The molecule has 4 nitrogen and oxygen atoms in total. The van der Waals surface area contributed by atoms with Gasteiger partial charge in [-0.15, -0.1) is 6.42 Å². The Bertz CT molecular complexity index is 227. The molecule has 1 amide bonds. The van der Waals surface area contributed by atoms with E-state index in [2.05, 4.69) is 11.2 Å². The lowest BCUT2D eigenvalue weighted by Crippen LogP contribution is -2.36. The molecule has 1 aliphatic rings. The highest BCUT2D eigenvalue weighted by molar-refractivity contribution is 5.64. The first-order valence-electron chi connectivity index (χ1n) is 4.85. The molecule has 1 rings (SSSR count). The average Bonchev–Trinajstić information content (AvgIpc) is 2.16. The number of primary amides is 1. The Morgan fingerprint density at radius 2 is 2.14 bits per heavy atom. The predicted octanol–water partition coefficient (Wildman–Crippen LogP) is 0.616. The third-order valence-corrected chi connectivity index (χ3v) is 2.45. The summed E-state index contributed by atoms with van der Waals surface area (Å²) in [6.07, 6.45) is 8.17. The SMILES string of the molecule is C#CCNC1CCC(OC(N)=O)CC1. The Kier molecular flexibility index (Phi) is 4.27. The van der Waals surface area contributed by atoms with Crippen LogP contribution in [-0.2, 0) is 4.74 Å². The maximum absolute atomic E-state index is 10.5. The molecule has 1 fully saturated rings. The average molecular weight is 196 g/mol. The Balaban J connectivity index is 2.18. The summed E-state index contributed by atoms with van der Waals surface area (Å²) in [7, 11) is 0. The van der Waals surface area contributed by atoms with Gasteiger partial charge in [0.15, 0.2) is 0 Å². The van der Waals surface area contributed by atoms with Crippen molar-refractivity contribution in [1.29, 1.82) is 0 Å². The first-order valence-corrected chi connectivity index (χ1v) is 4.85. The van der Waals surface area contributed by atoms with Crippen molar-refractivity contribution in [3.63, 3.8) is 0 Å². The van der Waals surface area contributed by atoms with E-state index in [0.29, 0.717) is 12.6 Å². The number of ether oxygens (including phenoxy) is 1. The second-order valence-corrected chi connectivity index (χ2v) is 3.50. The number of rotatable bonds is 3. The zero-order valence-electron chi connectivity index (χ0n) is 8.16. The number of nitrogens with two attached hydrogens (primary N) is 1. The van der Waals surface area contributed by atoms with Crippen molar-refractivity contribution in [3.8, 4) is 12.3 Å². The zero-order chi connectivity index (χ0) is 10.4. The van der Waals surface area contributed by atoms with Gasteiger partial charge in [-0.1, -0.05) is 5.92 Å². The fourth-order valence-electron chi connectivity index (χ4n) is 1.75. The van der Waals surface area contributed by atoms with Gasteiger partial charge in [0.2, 0.25) is 0 Å². The number of carbonyl (C=O) groups excluding carboxylic acids is 1. The number of nitrogens with one attached hydrogen (secondary N) is 1. The van der Waals surface area contributed by atoms with Gasteiger partial charge >= 0.3 is 6.09 Å². The molecule has 0 aromatic heterocycles. The van der Waals surface area contributed by atoms with E-state index in [4.69, 9.17) is 16.9 Å².